The zero-order valence-corrected chi connectivity index (χ0v) is 15.3. The lowest BCUT2D eigenvalue weighted by Gasteiger charge is -2.41. The summed E-state index contributed by atoms with van der Waals surface area (Å²) in [6, 6.07) is 0. The Kier molecular flexibility index (Phi) is 6.67. The summed E-state index contributed by atoms with van der Waals surface area (Å²) >= 11 is 0. The highest BCUT2D eigenvalue weighted by Gasteiger charge is 2.54. The molecular weight excluding hydrogens is 273 g/mol. The van der Waals surface area contributed by atoms with E-state index in [1.807, 2.05) is 0 Å². The molecule has 4 radical (unpaired) electrons. The van der Waals surface area contributed by atoms with Crippen LogP contribution in [-0.2, 0) is 0 Å². The van der Waals surface area contributed by atoms with E-state index in [-0.39, 0.29) is 5.31 Å². The van der Waals surface area contributed by atoms with Crippen molar-refractivity contribution in [1.29, 1.82) is 0 Å². The van der Waals surface area contributed by atoms with Crippen molar-refractivity contribution in [2.45, 2.75) is 126 Å². The molecule has 0 spiro atoms. The van der Waals surface area contributed by atoms with Gasteiger partial charge in [-0.2, -0.15) is 0 Å². The van der Waals surface area contributed by atoms with Gasteiger partial charge < -0.3 is 0 Å². The predicted octanol–water partition coefficient (Wildman–Crippen LogP) is 6.26. The molecule has 0 unspecified atom stereocenters. The fourth-order valence-electron chi connectivity index (χ4n) is 5.18. The molecule has 3 aliphatic rings. The summed E-state index contributed by atoms with van der Waals surface area (Å²) in [6.45, 7) is 0. The van der Waals surface area contributed by atoms with Crippen molar-refractivity contribution in [3.8, 4) is 0 Å². The Morgan fingerprint density at radius 2 is 1.09 bits per heavy atom. The van der Waals surface area contributed by atoms with Crippen LogP contribution >= 0.6 is 0 Å². The van der Waals surface area contributed by atoms with Gasteiger partial charge in [0.05, 0.1) is 22.2 Å². The van der Waals surface area contributed by atoms with Gasteiger partial charge in [0, 0.05) is 0 Å². The van der Waals surface area contributed by atoms with Crippen LogP contribution in [0.1, 0.15) is 109 Å². The van der Waals surface area contributed by atoms with Crippen LogP contribution in [0, 0.1) is 0 Å². The molecule has 0 atom stereocenters. The van der Waals surface area contributed by atoms with Gasteiger partial charge in [-0.1, -0.05) is 126 Å². The van der Waals surface area contributed by atoms with Crippen molar-refractivity contribution < 1.29 is 0 Å². The maximum Gasteiger partial charge on any atom is 0.0743 e. The van der Waals surface area contributed by atoms with E-state index in [9.17, 15) is 0 Å². The summed E-state index contributed by atoms with van der Waals surface area (Å²) in [7, 11) is 12.3. The highest BCUT2D eigenvalue weighted by molar-refractivity contribution is 7.03. The second-order valence-corrected chi connectivity index (χ2v) is 8.90. The van der Waals surface area contributed by atoms with Crippen LogP contribution in [0.3, 0.4) is 0 Å². The van der Waals surface area contributed by atoms with Crippen LogP contribution in [0.15, 0.2) is 0 Å². The fraction of sp³-hybridized carbons (Fsp3) is 1.00. The predicted molar refractivity (Wildman–Crippen MR) is 105 cm³/mol. The summed E-state index contributed by atoms with van der Waals surface area (Å²) in [5.74, 6) is 0.836. The number of hydrogen-bond donors (Lipinski definition) is 0. The Morgan fingerprint density at radius 3 is 1.61 bits per heavy atom. The normalized spacial score (nSPS) is 29.2. The van der Waals surface area contributed by atoms with Crippen LogP contribution in [0.2, 0.25) is 16.4 Å². The molecule has 0 aliphatic heterocycles. The minimum absolute atomic E-state index is 0.114. The van der Waals surface area contributed by atoms with E-state index in [1.165, 1.54) is 109 Å². The van der Waals surface area contributed by atoms with Gasteiger partial charge in [0.2, 0.25) is 0 Å². The third kappa shape index (κ3) is 4.85. The molecule has 0 bridgehead atoms. The maximum absolute atomic E-state index is 7.01. The van der Waals surface area contributed by atoms with Crippen molar-refractivity contribution in [3.63, 3.8) is 0 Å². The summed E-state index contributed by atoms with van der Waals surface area (Å²) < 4.78 is 0. The molecule has 3 rings (SSSR count). The minimum Gasteiger partial charge on any atom is -0.0774 e. The molecule has 3 heteroatoms. The molecule has 0 aromatic rings. The van der Waals surface area contributed by atoms with E-state index in [0.29, 0.717) is 5.31 Å². The zero-order valence-electron chi connectivity index (χ0n) is 15.3. The summed E-state index contributed by atoms with van der Waals surface area (Å²) in [5.41, 5.74) is 0. The smallest absolute Gasteiger partial charge is 0.0743 e. The van der Waals surface area contributed by atoms with E-state index in [1.54, 1.807) is 0 Å². The van der Waals surface area contributed by atoms with Gasteiger partial charge in [-0.3, -0.25) is 0 Å². The average Bonchev–Trinajstić information content (AvgIpc) is 3.29. The van der Waals surface area contributed by atoms with E-state index in [2.05, 4.69) is 14.3 Å². The van der Waals surface area contributed by atoms with Gasteiger partial charge in [-0.25, -0.2) is 0 Å². The first-order valence-corrected chi connectivity index (χ1v) is 10.7. The van der Waals surface area contributed by atoms with Gasteiger partial charge in [-0.05, 0) is 0 Å². The first kappa shape index (κ1) is 18.0. The highest BCUT2D eigenvalue weighted by Crippen LogP contribution is 2.71. The number of hydrogen-bond acceptors (Lipinski definition) is 0. The Balaban J connectivity index is 1.52. The molecule has 3 saturated carbocycles. The van der Waals surface area contributed by atoms with E-state index in [4.69, 9.17) is 7.85 Å². The van der Waals surface area contributed by atoms with Crippen LogP contribution in [0.4, 0.5) is 0 Å². The fourth-order valence-corrected chi connectivity index (χ4v) is 5.18. The van der Waals surface area contributed by atoms with Crippen molar-refractivity contribution >= 4 is 22.2 Å². The van der Waals surface area contributed by atoms with Crippen molar-refractivity contribution in [1.82, 2.24) is 0 Å². The summed E-state index contributed by atoms with van der Waals surface area (Å²) in [6.07, 6.45) is 23.8. The average molecular weight is 308 g/mol. The first-order valence-electron chi connectivity index (χ1n) is 10.7. The van der Waals surface area contributed by atoms with Crippen LogP contribution < -0.4 is 0 Å². The maximum atomic E-state index is 7.01. The third-order valence-electron chi connectivity index (χ3n) is 7.11. The van der Waals surface area contributed by atoms with Gasteiger partial charge in [0.15, 0.2) is 0 Å². The highest BCUT2D eigenvalue weighted by atomic mass is 14.5. The van der Waals surface area contributed by atoms with Crippen molar-refractivity contribution in [2.24, 2.45) is 0 Å². The second kappa shape index (κ2) is 8.53. The third-order valence-corrected chi connectivity index (χ3v) is 7.11. The monoisotopic (exact) mass is 308 g/mol. The van der Waals surface area contributed by atoms with Crippen LogP contribution in [0.5, 0.6) is 0 Å². The molecule has 0 heterocycles. The molecule has 0 saturated heterocycles. The van der Waals surface area contributed by atoms with Crippen LogP contribution in [-0.4, -0.2) is 22.2 Å². The first-order chi connectivity index (χ1) is 11.2. The largest absolute Gasteiger partial charge is 0.0774 e. The molecule has 0 amide bonds. The number of rotatable bonds is 4. The Bertz CT molecular complexity index is 333. The van der Waals surface area contributed by atoms with E-state index < -0.39 is 0 Å². The van der Waals surface area contributed by atoms with Gasteiger partial charge in [0.1, 0.15) is 0 Å². The van der Waals surface area contributed by atoms with Crippen molar-refractivity contribution in [2.75, 3.05) is 0 Å². The zero-order chi connectivity index (χ0) is 16.0. The summed E-state index contributed by atoms with van der Waals surface area (Å²) in [5, 5.41) is 0.491. The van der Waals surface area contributed by atoms with Gasteiger partial charge in [-0.15, -0.1) is 0 Å². The molecular formula is C20H35B3. The molecule has 0 nitrogen and oxygen atoms in total. The Hall–Kier alpha value is 0.195. The lowest BCUT2D eigenvalue weighted by atomic mass is 9.22. The Labute approximate surface area is 148 Å². The Morgan fingerprint density at radius 1 is 0.609 bits per heavy atom. The lowest BCUT2D eigenvalue weighted by molar-refractivity contribution is 0.371. The molecule has 124 valence electrons. The molecule has 3 fully saturated rings. The van der Waals surface area contributed by atoms with E-state index in [0.717, 1.165) is 5.82 Å². The molecule has 23 heavy (non-hydrogen) atoms. The summed E-state index contributed by atoms with van der Waals surface area (Å²) in [4.78, 5) is 0. The lowest BCUT2D eigenvalue weighted by Crippen LogP contribution is -2.30. The quantitative estimate of drug-likeness (QED) is 0.538. The van der Waals surface area contributed by atoms with Crippen molar-refractivity contribution in [3.05, 3.63) is 0 Å². The molecule has 0 aromatic heterocycles. The molecule has 3 aliphatic carbocycles. The van der Waals surface area contributed by atoms with Gasteiger partial charge in [0.25, 0.3) is 0 Å². The standard InChI is InChI=1S/C20H35B3/c21-19(14-10-6-3-7-11-15-19)20(16-17-20)23-22-18-12-8-4-1-2-5-9-13-18/h18H,1-17H2. The molecule has 0 N–H and O–H groups in total. The van der Waals surface area contributed by atoms with E-state index >= 15 is 0 Å². The molecule has 0 aromatic carbocycles. The SMILES string of the molecule is [B]C1(C2([B][B]C3CCCCCCCC3)CC2)CCCCCCC1. The van der Waals surface area contributed by atoms with Gasteiger partial charge >= 0.3 is 0 Å². The second-order valence-electron chi connectivity index (χ2n) is 8.90. The topological polar surface area (TPSA) is 0 Å². The minimum atomic E-state index is 0.114. The van der Waals surface area contributed by atoms with Crippen LogP contribution in [0.25, 0.3) is 0 Å².